The maximum atomic E-state index is 15.2. The predicted octanol–water partition coefficient (Wildman–Crippen LogP) is 3.20. The lowest BCUT2D eigenvalue weighted by Gasteiger charge is -2.34. The van der Waals surface area contributed by atoms with E-state index < -0.39 is 22.8 Å². The van der Waals surface area contributed by atoms with Gasteiger partial charge in [0.2, 0.25) is 5.91 Å². The molecule has 38 heavy (non-hydrogen) atoms. The number of alkyl halides is 1. The Bertz CT molecular complexity index is 1450. The first kappa shape index (κ1) is 25.9. The van der Waals surface area contributed by atoms with Gasteiger partial charge in [-0.15, -0.1) is 0 Å². The molecule has 2 aliphatic heterocycles. The summed E-state index contributed by atoms with van der Waals surface area (Å²) in [7, 11) is 0. The number of halogens is 2. The second-order valence-corrected chi connectivity index (χ2v) is 10.9. The SMILES string of the molecule is Cc1cc(C#N)cnc1C#Cc1ccc(F)c([C@@]2(CF)N=C(N)S[C@@]3(/C=C/C(=O)N4CCOCC4)C[C@H]32)c1. The normalized spacial score (nSPS) is 26.1. The van der Waals surface area contributed by atoms with Gasteiger partial charge in [0.05, 0.1) is 18.8 Å². The van der Waals surface area contributed by atoms with Gasteiger partial charge in [0, 0.05) is 47.2 Å². The average Bonchev–Trinajstić information content (AvgIpc) is 3.66. The highest BCUT2D eigenvalue weighted by Crippen LogP contribution is 2.66. The molecule has 2 N–H and O–H groups in total. The highest BCUT2D eigenvalue weighted by atomic mass is 32.2. The molecular formula is C28H25F2N5O2S. The molecule has 1 saturated heterocycles. The van der Waals surface area contributed by atoms with Gasteiger partial charge in [0.15, 0.2) is 5.17 Å². The molecule has 194 valence electrons. The van der Waals surface area contributed by atoms with Gasteiger partial charge >= 0.3 is 0 Å². The van der Waals surface area contributed by atoms with Crippen LogP contribution in [0.1, 0.15) is 34.4 Å². The first-order valence-electron chi connectivity index (χ1n) is 12.2. The number of amidine groups is 1. The minimum Gasteiger partial charge on any atom is -0.378 e. The number of nitrogens with two attached hydrogens (primary N) is 1. The van der Waals surface area contributed by atoms with Crippen molar-refractivity contribution in [3.63, 3.8) is 0 Å². The van der Waals surface area contributed by atoms with E-state index in [0.29, 0.717) is 49.5 Å². The number of nitrogens with zero attached hydrogens (tertiary/aromatic N) is 4. The monoisotopic (exact) mass is 533 g/mol. The van der Waals surface area contributed by atoms with Crippen molar-refractivity contribution in [1.82, 2.24) is 9.88 Å². The van der Waals surface area contributed by atoms with E-state index in [1.165, 1.54) is 42.2 Å². The molecule has 1 saturated carbocycles. The number of pyridine rings is 1. The Balaban J connectivity index is 1.45. The summed E-state index contributed by atoms with van der Waals surface area (Å²) in [4.78, 5) is 23.0. The van der Waals surface area contributed by atoms with Crippen LogP contribution in [0.3, 0.4) is 0 Å². The van der Waals surface area contributed by atoms with Gasteiger partial charge in [-0.25, -0.2) is 18.8 Å². The average molecular weight is 534 g/mol. The van der Waals surface area contributed by atoms with Crippen molar-refractivity contribution in [2.75, 3.05) is 33.0 Å². The summed E-state index contributed by atoms with van der Waals surface area (Å²) >= 11 is 1.28. The minimum atomic E-state index is -1.52. The molecule has 1 aromatic heterocycles. The molecule has 10 heteroatoms. The Morgan fingerprint density at radius 1 is 1.32 bits per heavy atom. The topological polar surface area (TPSA) is 105 Å². The lowest BCUT2D eigenvalue weighted by atomic mass is 9.84. The van der Waals surface area contributed by atoms with Crippen LogP contribution in [-0.2, 0) is 15.1 Å². The molecule has 0 radical (unpaired) electrons. The number of hydrogen-bond donors (Lipinski definition) is 1. The number of ether oxygens (including phenoxy) is 1. The maximum absolute atomic E-state index is 15.2. The van der Waals surface area contributed by atoms with Gasteiger partial charge in [0.1, 0.15) is 29.8 Å². The van der Waals surface area contributed by atoms with Crippen molar-refractivity contribution in [2.24, 2.45) is 16.6 Å². The minimum absolute atomic E-state index is 0.0827. The lowest BCUT2D eigenvalue weighted by molar-refractivity contribution is -0.130. The van der Waals surface area contributed by atoms with Gasteiger partial charge in [-0.3, -0.25) is 4.79 Å². The third-order valence-corrected chi connectivity index (χ3v) is 8.40. The Morgan fingerprint density at radius 2 is 2.11 bits per heavy atom. The number of carbonyl (C=O) groups is 1. The van der Waals surface area contributed by atoms with Crippen molar-refractivity contribution in [3.8, 4) is 17.9 Å². The van der Waals surface area contributed by atoms with E-state index in [1.54, 1.807) is 24.0 Å². The first-order chi connectivity index (χ1) is 18.3. The fourth-order valence-corrected chi connectivity index (χ4v) is 6.35. The van der Waals surface area contributed by atoms with Crippen molar-refractivity contribution >= 4 is 22.8 Å². The lowest BCUT2D eigenvalue weighted by Crippen LogP contribution is -2.41. The summed E-state index contributed by atoms with van der Waals surface area (Å²) in [6.45, 7) is 2.86. The summed E-state index contributed by atoms with van der Waals surface area (Å²) in [5.41, 5.74) is 6.84. The quantitative estimate of drug-likeness (QED) is 0.478. The molecule has 0 spiro atoms. The fraction of sp³-hybridized carbons (Fsp3) is 0.357. The van der Waals surface area contributed by atoms with Crippen molar-refractivity contribution in [1.29, 1.82) is 5.26 Å². The number of thioether (sulfide) groups is 1. The Labute approximate surface area is 223 Å². The third-order valence-electron chi connectivity index (χ3n) is 7.13. The predicted molar refractivity (Wildman–Crippen MR) is 140 cm³/mol. The van der Waals surface area contributed by atoms with Gasteiger partial charge in [-0.05, 0) is 49.1 Å². The molecule has 3 atom stereocenters. The van der Waals surface area contributed by atoms with Crippen LogP contribution >= 0.6 is 11.8 Å². The number of aromatic nitrogens is 1. The number of aliphatic imine (C=N–C) groups is 1. The van der Waals surface area contributed by atoms with Crippen LogP contribution < -0.4 is 5.73 Å². The molecule has 1 aliphatic carbocycles. The van der Waals surface area contributed by atoms with Crippen LogP contribution in [0.5, 0.6) is 0 Å². The summed E-state index contributed by atoms with van der Waals surface area (Å²) in [5, 5.41) is 9.18. The zero-order valence-electron chi connectivity index (χ0n) is 20.7. The van der Waals surface area contributed by atoms with Crippen LogP contribution in [0.15, 0.2) is 47.6 Å². The van der Waals surface area contributed by atoms with Crippen LogP contribution in [0.4, 0.5) is 8.78 Å². The third kappa shape index (κ3) is 4.78. The van der Waals surface area contributed by atoms with Crippen molar-refractivity contribution in [2.45, 2.75) is 23.6 Å². The maximum Gasteiger partial charge on any atom is 0.246 e. The van der Waals surface area contributed by atoms with Gasteiger partial charge in [0.25, 0.3) is 0 Å². The highest BCUT2D eigenvalue weighted by molar-refractivity contribution is 8.15. The molecule has 2 fully saturated rings. The van der Waals surface area contributed by atoms with Crippen LogP contribution in [-0.4, -0.2) is 58.7 Å². The van der Waals surface area contributed by atoms with E-state index in [2.05, 4.69) is 21.8 Å². The standard InChI is InChI=1S/C28H25F2N5O2S/c1-18-12-20(15-31)16-33-23(18)5-3-19-2-4-22(30)21(13-19)28(17-29)24-14-27(24,38-26(32)34-28)7-6-25(36)35-8-10-37-11-9-35/h2,4,6-7,12-13,16,24H,8-11,14,17H2,1H3,(H2,32,34)/b7-6+/t24-,27+,28-/m1/s1. The number of aryl methyl sites for hydroxylation is 1. The number of carbonyl (C=O) groups excluding carboxylic acids is 1. The van der Waals surface area contributed by atoms with Crippen LogP contribution in [0, 0.1) is 41.8 Å². The number of hydrogen-bond acceptors (Lipinski definition) is 7. The van der Waals surface area contributed by atoms with Crippen LogP contribution in [0.25, 0.3) is 0 Å². The molecule has 0 bridgehead atoms. The van der Waals surface area contributed by atoms with Gasteiger partial charge in [-0.2, -0.15) is 5.26 Å². The molecule has 1 amide bonds. The van der Waals surface area contributed by atoms with Crippen molar-refractivity contribution < 1.29 is 18.3 Å². The number of rotatable bonds is 4. The number of morpholine rings is 1. The van der Waals surface area contributed by atoms with E-state index in [-0.39, 0.29) is 22.6 Å². The molecule has 3 heterocycles. The first-order valence-corrected chi connectivity index (χ1v) is 13.0. The number of nitriles is 1. The summed E-state index contributed by atoms with van der Waals surface area (Å²) < 4.78 is 34.8. The molecule has 2 aromatic rings. The van der Waals surface area contributed by atoms with Crippen molar-refractivity contribution in [3.05, 3.63) is 76.4 Å². The Morgan fingerprint density at radius 3 is 2.82 bits per heavy atom. The highest BCUT2D eigenvalue weighted by Gasteiger charge is 2.67. The number of fused-ring (bicyclic) bond motifs is 1. The largest absolute Gasteiger partial charge is 0.378 e. The van der Waals surface area contributed by atoms with E-state index in [4.69, 9.17) is 15.7 Å². The van der Waals surface area contributed by atoms with E-state index in [9.17, 15) is 9.18 Å². The Kier molecular flexibility index (Phi) is 6.95. The zero-order valence-corrected chi connectivity index (χ0v) is 21.5. The fourth-order valence-electron chi connectivity index (χ4n) is 5.03. The smallest absolute Gasteiger partial charge is 0.246 e. The van der Waals surface area contributed by atoms with Crippen LogP contribution in [0.2, 0.25) is 0 Å². The van der Waals surface area contributed by atoms with E-state index >= 15 is 4.39 Å². The molecule has 3 aliphatic rings. The summed E-state index contributed by atoms with van der Waals surface area (Å²) in [5.74, 6) is 4.79. The van der Waals surface area contributed by atoms with Gasteiger partial charge in [-0.1, -0.05) is 23.8 Å². The number of amides is 1. The molecule has 7 nitrogen and oxygen atoms in total. The second-order valence-electron chi connectivity index (χ2n) is 9.54. The number of benzene rings is 1. The molecule has 0 unspecified atom stereocenters. The molecule has 5 rings (SSSR count). The van der Waals surface area contributed by atoms with E-state index in [1.807, 2.05) is 6.07 Å². The molecule has 1 aromatic carbocycles. The zero-order chi connectivity index (χ0) is 26.9. The van der Waals surface area contributed by atoms with Gasteiger partial charge < -0.3 is 15.4 Å². The summed E-state index contributed by atoms with van der Waals surface area (Å²) in [6, 6.07) is 8.00. The molecular weight excluding hydrogens is 508 g/mol. The van der Waals surface area contributed by atoms with E-state index in [0.717, 1.165) is 5.56 Å². The second kappa shape index (κ2) is 10.2. The Hall–Kier alpha value is -3.73. The summed E-state index contributed by atoms with van der Waals surface area (Å²) in [6.07, 6.45) is 5.22.